The minimum Gasteiger partial charge on any atom is -0.329 e. The number of piperidine rings is 1. The molecule has 0 unspecified atom stereocenters. The van der Waals surface area contributed by atoms with Crippen LogP contribution in [0.2, 0.25) is 0 Å². The number of likely N-dealkylation sites (tertiary alicyclic amines) is 1. The molecular formula is C18H37N3. The van der Waals surface area contributed by atoms with Crippen molar-refractivity contribution in [2.24, 2.45) is 11.7 Å². The summed E-state index contributed by atoms with van der Waals surface area (Å²) in [4.78, 5) is 5.32. The third-order valence-electron chi connectivity index (χ3n) is 6.40. The summed E-state index contributed by atoms with van der Waals surface area (Å²) in [6.45, 7) is 9.19. The fraction of sp³-hybridized carbons (Fsp3) is 1.00. The zero-order valence-electron chi connectivity index (χ0n) is 14.6. The largest absolute Gasteiger partial charge is 0.329 e. The van der Waals surface area contributed by atoms with Crippen molar-refractivity contribution in [3.05, 3.63) is 0 Å². The minimum absolute atomic E-state index is 0.272. The Labute approximate surface area is 132 Å². The maximum absolute atomic E-state index is 6.26. The molecule has 2 aliphatic rings. The van der Waals surface area contributed by atoms with Gasteiger partial charge < -0.3 is 10.6 Å². The lowest BCUT2D eigenvalue weighted by molar-refractivity contribution is 0.000996. The highest BCUT2D eigenvalue weighted by molar-refractivity contribution is 4.98. The summed E-state index contributed by atoms with van der Waals surface area (Å²) >= 11 is 0. The van der Waals surface area contributed by atoms with Crippen molar-refractivity contribution < 1.29 is 0 Å². The predicted octanol–water partition coefficient (Wildman–Crippen LogP) is 3.09. The maximum Gasteiger partial charge on any atom is 0.0355 e. The smallest absolute Gasteiger partial charge is 0.0355 e. The molecule has 0 aromatic heterocycles. The molecule has 0 aromatic rings. The predicted molar refractivity (Wildman–Crippen MR) is 91.6 cm³/mol. The van der Waals surface area contributed by atoms with Gasteiger partial charge in [-0.2, -0.15) is 0 Å². The fourth-order valence-electron chi connectivity index (χ4n) is 4.54. The van der Waals surface area contributed by atoms with Crippen LogP contribution in [0.3, 0.4) is 0 Å². The topological polar surface area (TPSA) is 32.5 Å². The van der Waals surface area contributed by atoms with Crippen LogP contribution in [0.1, 0.15) is 65.2 Å². The Morgan fingerprint density at radius 1 is 1.10 bits per heavy atom. The Kier molecular flexibility index (Phi) is 6.51. The van der Waals surface area contributed by atoms with Gasteiger partial charge in [-0.25, -0.2) is 0 Å². The van der Waals surface area contributed by atoms with Crippen LogP contribution in [0.5, 0.6) is 0 Å². The van der Waals surface area contributed by atoms with E-state index in [-0.39, 0.29) is 5.54 Å². The van der Waals surface area contributed by atoms with Gasteiger partial charge in [0.25, 0.3) is 0 Å². The molecule has 1 heterocycles. The molecule has 0 atom stereocenters. The Morgan fingerprint density at radius 2 is 1.71 bits per heavy atom. The summed E-state index contributed by atoms with van der Waals surface area (Å²) in [5.74, 6) is 0.981. The highest BCUT2D eigenvalue weighted by Gasteiger charge is 2.40. The van der Waals surface area contributed by atoms with Gasteiger partial charge in [0.15, 0.2) is 0 Å². The van der Waals surface area contributed by atoms with Gasteiger partial charge in [-0.15, -0.1) is 0 Å². The summed E-state index contributed by atoms with van der Waals surface area (Å²) in [6.07, 6.45) is 10.8. The van der Waals surface area contributed by atoms with Gasteiger partial charge in [-0.3, -0.25) is 4.90 Å². The van der Waals surface area contributed by atoms with Crippen molar-refractivity contribution in [1.29, 1.82) is 0 Å². The normalized spacial score (nSPS) is 30.7. The molecule has 2 rings (SSSR count). The van der Waals surface area contributed by atoms with Crippen LogP contribution in [0, 0.1) is 5.92 Å². The van der Waals surface area contributed by atoms with Crippen molar-refractivity contribution in [1.82, 2.24) is 9.80 Å². The molecule has 0 spiro atoms. The van der Waals surface area contributed by atoms with Crippen LogP contribution in [0.4, 0.5) is 0 Å². The summed E-state index contributed by atoms with van der Waals surface area (Å²) in [5, 5.41) is 0. The molecular weight excluding hydrogens is 258 g/mol. The molecule has 1 aliphatic carbocycles. The van der Waals surface area contributed by atoms with Crippen molar-refractivity contribution in [2.75, 3.05) is 33.2 Å². The molecule has 0 radical (unpaired) electrons. The quantitative estimate of drug-likeness (QED) is 0.817. The highest BCUT2D eigenvalue weighted by atomic mass is 15.2. The van der Waals surface area contributed by atoms with Crippen LogP contribution >= 0.6 is 0 Å². The van der Waals surface area contributed by atoms with Crippen LogP contribution in [-0.2, 0) is 0 Å². The first kappa shape index (κ1) is 17.2. The molecule has 3 nitrogen and oxygen atoms in total. The second kappa shape index (κ2) is 7.94. The van der Waals surface area contributed by atoms with Crippen molar-refractivity contribution in [2.45, 2.75) is 76.8 Å². The van der Waals surface area contributed by atoms with Gasteiger partial charge in [-0.05, 0) is 77.5 Å². The molecule has 1 saturated heterocycles. The molecule has 3 heteroatoms. The maximum atomic E-state index is 6.26. The zero-order chi connectivity index (χ0) is 15.3. The third kappa shape index (κ3) is 4.00. The summed E-state index contributed by atoms with van der Waals surface area (Å²) in [7, 11) is 2.36. The lowest BCUT2D eigenvalue weighted by Crippen LogP contribution is -2.61. The fourth-order valence-corrected chi connectivity index (χ4v) is 4.54. The first-order valence-electron chi connectivity index (χ1n) is 9.30. The van der Waals surface area contributed by atoms with E-state index in [0.717, 1.165) is 18.5 Å². The molecule has 0 bridgehead atoms. The lowest BCUT2D eigenvalue weighted by atomic mass is 9.79. The monoisotopic (exact) mass is 295 g/mol. The first-order valence-corrected chi connectivity index (χ1v) is 9.30. The SMILES string of the molecule is CCCN1CCC(CN)(N(C)C2CCC(CC)CC2)CC1. The van der Waals surface area contributed by atoms with E-state index in [1.165, 1.54) is 71.0 Å². The Balaban J connectivity index is 1.91. The van der Waals surface area contributed by atoms with Crippen molar-refractivity contribution in [3.8, 4) is 0 Å². The molecule has 1 saturated carbocycles. The van der Waals surface area contributed by atoms with E-state index in [9.17, 15) is 0 Å². The molecule has 21 heavy (non-hydrogen) atoms. The summed E-state index contributed by atoms with van der Waals surface area (Å²) in [6, 6.07) is 0.772. The Hall–Kier alpha value is -0.120. The van der Waals surface area contributed by atoms with Gasteiger partial charge in [0.1, 0.15) is 0 Å². The number of likely N-dealkylation sites (N-methyl/N-ethyl adjacent to an activating group) is 1. The van der Waals surface area contributed by atoms with Crippen LogP contribution < -0.4 is 5.73 Å². The van der Waals surface area contributed by atoms with Crippen molar-refractivity contribution >= 4 is 0 Å². The van der Waals surface area contributed by atoms with Crippen LogP contribution in [0.15, 0.2) is 0 Å². The molecule has 124 valence electrons. The van der Waals surface area contributed by atoms with E-state index in [4.69, 9.17) is 5.73 Å². The molecule has 1 aliphatic heterocycles. The van der Waals surface area contributed by atoms with Gasteiger partial charge in [0, 0.05) is 18.1 Å². The van der Waals surface area contributed by atoms with Gasteiger partial charge in [0.05, 0.1) is 0 Å². The van der Waals surface area contributed by atoms with E-state index < -0.39 is 0 Å². The molecule has 2 fully saturated rings. The van der Waals surface area contributed by atoms with E-state index >= 15 is 0 Å². The van der Waals surface area contributed by atoms with Crippen molar-refractivity contribution in [3.63, 3.8) is 0 Å². The minimum atomic E-state index is 0.272. The average molecular weight is 296 g/mol. The first-order chi connectivity index (χ1) is 10.1. The van der Waals surface area contributed by atoms with E-state index in [1.807, 2.05) is 0 Å². The highest BCUT2D eigenvalue weighted by Crippen LogP contribution is 2.35. The third-order valence-corrected chi connectivity index (χ3v) is 6.40. The molecule has 0 aromatic carbocycles. The summed E-state index contributed by atoms with van der Waals surface area (Å²) < 4.78 is 0. The average Bonchev–Trinajstić information content (AvgIpc) is 2.55. The number of nitrogens with zero attached hydrogens (tertiary/aromatic N) is 2. The number of hydrogen-bond donors (Lipinski definition) is 1. The lowest BCUT2D eigenvalue weighted by Gasteiger charge is -2.51. The second-order valence-electron chi connectivity index (χ2n) is 7.46. The van der Waals surface area contributed by atoms with Gasteiger partial charge in [-0.1, -0.05) is 20.3 Å². The molecule has 2 N–H and O–H groups in total. The number of rotatable bonds is 6. The Morgan fingerprint density at radius 3 is 2.19 bits per heavy atom. The van der Waals surface area contributed by atoms with E-state index in [1.54, 1.807) is 0 Å². The van der Waals surface area contributed by atoms with Crippen LogP contribution in [0.25, 0.3) is 0 Å². The second-order valence-corrected chi connectivity index (χ2v) is 7.46. The standard InChI is InChI=1S/C18H37N3/c1-4-12-21-13-10-18(15-19,11-14-21)20(3)17-8-6-16(5-2)7-9-17/h16-17H,4-15,19H2,1-3H3. The van der Waals surface area contributed by atoms with Gasteiger partial charge in [0.2, 0.25) is 0 Å². The number of hydrogen-bond acceptors (Lipinski definition) is 3. The van der Waals surface area contributed by atoms with E-state index in [2.05, 4.69) is 30.7 Å². The van der Waals surface area contributed by atoms with E-state index in [0.29, 0.717) is 0 Å². The van der Waals surface area contributed by atoms with Gasteiger partial charge >= 0.3 is 0 Å². The number of nitrogens with two attached hydrogens (primary N) is 1. The van der Waals surface area contributed by atoms with Crippen LogP contribution in [-0.4, -0.2) is 54.6 Å². The Bertz CT molecular complexity index is 289. The summed E-state index contributed by atoms with van der Waals surface area (Å²) in [5.41, 5.74) is 6.53. The molecule has 0 amide bonds. The zero-order valence-corrected chi connectivity index (χ0v) is 14.6.